The summed E-state index contributed by atoms with van der Waals surface area (Å²) in [6.07, 6.45) is 4.00. The summed E-state index contributed by atoms with van der Waals surface area (Å²) < 4.78 is 13.0. The van der Waals surface area contributed by atoms with Gasteiger partial charge in [0.1, 0.15) is 6.17 Å². The molecule has 0 amide bonds. The van der Waals surface area contributed by atoms with Crippen LogP contribution in [-0.4, -0.2) is 18.8 Å². The van der Waals surface area contributed by atoms with Gasteiger partial charge in [0, 0.05) is 6.04 Å². The van der Waals surface area contributed by atoms with Crippen LogP contribution in [0.2, 0.25) is 0 Å². The first-order valence-electron chi connectivity index (χ1n) is 4.25. The molecule has 1 saturated carbocycles. The zero-order chi connectivity index (χ0) is 6.97. The molecule has 1 heterocycles. The predicted molar refractivity (Wildman–Crippen MR) is 45.9 cm³/mol. The van der Waals surface area contributed by atoms with Crippen molar-refractivity contribution in [3.63, 3.8) is 0 Å². The van der Waals surface area contributed by atoms with Gasteiger partial charge in [0.25, 0.3) is 0 Å². The lowest BCUT2D eigenvalue weighted by molar-refractivity contribution is 0.174. The van der Waals surface area contributed by atoms with Gasteiger partial charge in [0.05, 0.1) is 0 Å². The molecule has 0 radical (unpaired) electrons. The van der Waals surface area contributed by atoms with Gasteiger partial charge in [-0.2, -0.15) is 0 Å². The van der Waals surface area contributed by atoms with Crippen molar-refractivity contribution in [1.82, 2.24) is 5.32 Å². The van der Waals surface area contributed by atoms with Gasteiger partial charge >= 0.3 is 0 Å². The lowest BCUT2D eigenvalue weighted by Gasteiger charge is -2.32. The second kappa shape index (κ2) is 3.72. The van der Waals surface area contributed by atoms with Gasteiger partial charge in [-0.3, -0.25) is 0 Å². The van der Waals surface area contributed by atoms with Crippen molar-refractivity contribution in [3.05, 3.63) is 0 Å². The van der Waals surface area contributed by atoms with E-state index in [4.69, 9.17) is 0 Å². The van der Waals surface area contributed by atoms with Crippen LogP contribution in [0.5, 0.6) is 0 Å². The summed E-state index contributed by atoms with van der Waals surface area (Å²) in [6.45, 7) is 0.891. The van der Waals surface area contributed by atoms with E-state index >= 15 is 0 Å². The number of hydrogen-bond acceptors (Lipinski definition) is 1. The lowest BCUT2D eigenvalue weighted by atomic mass is 9.79. The zero-order valence-corrected chi connectivity index (χ0v) is 7.37. The van der Waals surface area contributed by atoms with Crippen LogP contribution in [0.4, 0.5) is 4.39 Å². The van der Waals surface area contributed by atoms with E-state index in [1.54, 1.807) is 0 Å². The van der Waals surface area contributed by atoms with E-state index in [-0.39, 0.29) is 18.4 Å². The minimum atomic E-state index is -0.551. The highest BCUT2D eigenvalue weighted by Crippen LogP contribution is 2.34. The standard InChI is InChI=1S/C8H14FN.ClH/c9-7-4-5-10-8(7)6-2-1-3-6;/h6-8,10H,1-5H2;1H. The molecule has 0 bridgehead atoms. The van der Waals surface area contributed by atoms with Crippen molar-refractivity contribution >= 4 is 12.4 Å². The molecule has 2 rings (SSSR count). The molecule has 2 fully saturated rings. The first-order chi connectivity index (χ1) is 4.88. The van der Waals surface area contributed by atoms with Crippen LogP contribution in [0.25, 0.3) is 0 Å². The van der Waals surface area contributed by atoms with E-state index in [9.17, 15) is 4.39 Å². The molecular formula is C8H15ClFN. The van der Waals surface area contributed by atoms with Gasteiger partial charge in [-0.1, -0.05) is 6.42 Å². The Hall–Kier alpha value is 0.180. The smallest absolute Gasteiger partial charge is 0.117 e. The molecule has 1 aliphatic heterocycles. The van der Waals surface area contributed by atoms with E-state index < -0.39 is 6.17 Å². The van der Waals surface area contributed by atoms with Crippen LogP contribution >= 0.6 is 12.4 Å². The SMILES string of the molecule is Cl.FC1CCNC1C1CCC1. The Morgan fingerprint density at radius 3 is 2.27 bits per heavy atom. The average Bonchev–Trinajstić information content (AvgIpc) is 2.12. The summed E-state index contributed by atoms with van der Waals surface area (Å²) in [5.74, 6) is 0.664. The summed E-state index contributed by atoms with van der Waals surface area (Å²) in [5.41, 5.74) is 0. The Balaban J connectivity index is 0.000000605. The van der Waals surface area contributed by atoms with E-state index in [1.807, 2.05) is 0 Å². The van der Waals surface area contributed by atoms with Crippen LogP contribution in [0.1, 0.15) is 25.7 Å². The number of nitrogens with one attached hydrogen (secondary N) is 1. The maximum atomic E-state index is 13.0. The molecule has 0 aromatic rings. The molecular weight excluding hydrogens is 165 g/mol. The Labute approximate surface area is 73.2 Å². The second-order valence-corrected chi connectivity index (χ2v) is 3.48. The summed E-state index contributed by atoms with van der Waals surface area (Å²) >= 11 is 0. The van der Waals surface area contributed by atoms with Gasteiger partial charge in [-0.05, 0) is 31.7 Å². The normalized spacial score (nSPS) is 37.9. The molecule has 0 aromatic carbocycles. The molecule has 11 heavy (non-hydrogen) atoms. The topological polar surface area (TPSA) is 12.0 Å². The van der Waals surface area contributed by atoms with Crippen LogP contribution < -0.4 is 5.32 Å². The average molecular weight is 180 g/mol. The van der Waals surface area contributed by atoms with Gasteiger partial charge < -0.3 is 5.32 Å². The van der Waals surface area contributed by atoms with Crippen molar-refractivity contribution in [2.75, 3.05) is 6.54 Å². The summed E-state index contributed by atoms with van der Waals surface area (Å²) in [7, 11) is 0. The van der Waals surface area contributed by atoms with Crippen LogP contribution in [0, 0.1) is 5.92 Å². The quantitative estimate of drug-likeness (QED) is 0.649. The molecule has 2 atom stereocenters. The van der Waals surface area contributed by atoms with Crippen molar-refractivity contribution < 1.29 is 4.39 Å². The van der Waals surface area contributed by atoms with Crippen LogP contribution in [0.3, 0.4) is 0 Å². The lowest BCUT2D eigenvalue weighted by Crippen LogP contribution is -2.39. The molecule has 0 spiro atoms. The highest BCUT2D eigenvalue weighted by atomic mass is 35.5. The molecule has 1 N–H and O–H groups in total. The Kier molecular flexibility index (Phi) is 3.14. The maximum absolute atomic E-state index is 13.0. The Morgan fingerprint density at radius 1 is 1.18 bits per heavy atom. The van der Waals surface area contributed by atoms with Crippen molar-refractivity contribution in [2.45, 2.75) is 37.9 Å². The van der Waals surface area contributed by atoms with E-state index in [0.717, 1.165) is 13.0 Å². The second-order valence-electron chi connectivity index (χ2n) is 3.48. The third kappa shape index (κ3) is 1.67. The van der Waals surface area contributed by atoms with Gasteiger partial charge in [-0.25, -0.2) is 4.39 Å². The third-order valence-electron chi connectivity index (χ3n) is 2.85. The fourth-order valence-electron chi connectivity index (χ4n) is 1.96. The van der Waals surface area contributed by atoms with E-state index in [0.29, 0.717) is 5.92 Å². The molecule has 1 saturated heterocycles. The monoisotopic (exact) mass is 179 g/mol. The molecule has 3 heteroatoms. The number of rotatable bonds is 1. The van der Waals surface area contributed by atoms with Crippen molar-refractivity contribution in [1.29, 1.82) is 0 Å². The number of alkyl halides is 1. The van der Waals surface area contributed by atoms with Crippen LogP contribution in [-0.2, 0) is 0 Å². The summed E-state index contributed by atoms with van der Waals surface area (Å²) in [5, 5.41) is 3.23. The maximum Gasteiger partial charge on any atom is 0.117 e. The van der Waals surface area contributed by atoms with Gasteiger partial charge in [0.2, 0.25) is 0 Å². The van der Waals surface area contributed by atoms with Crippen molar-refractivity contribution in [2.24, 2.45) is 5.92 Å². The van der Waals surface area contributed by atoms with Gasteiger partial charge in [-0.15, -0.1) is 12.4 Å². The fourth-order valence-corrected chi connectivity index (χ4v) is 1.96. The Morgan fingerprint density at radius 2 is 1.91 bits per heavy atom. The summed E-state index contributed by atoms with van der Waals surface area (Å²) in [6, 6.07) is 0.216. The van der Waals surface area contributed by atoms with E-state index in [2.05, 4.69) is 5.32 Å². The largest absolute Gasteiger partial charge is 0.311 e. The molecule has 1 nitrogen and oxygen atoms in total. The number of halogens is 2. The molecule has 2 unspecified atom stereocenters. The zero-order valence-electron chi connectivity index (χ0n) is 6.55. The minimum absolute atomic E-state index is 0. The molecule has 2 aliphatic rings. The van der Waals surface area contributed by atoms with Crippen LogP contribution in [0.15, 0.2) is 0 Å². The molecule has 0 aromatic heterocycles. The number of hydrogen-bond donors (Lipinski definition) is 1. The molecule has 66 valence electrons. The fraction of sp³-hybridized carbons (Fsp3) is 1.00. The summed E-state index contributed by atoms with van der Waals surface area (Å²) in [4.78, 5) is 0. The Bertz CT molecular complexity index is 127. The highest BCUT2D eigenvalue weighted by molar-refractivity contribution is 5.85. The minimum Gasteiger partial charge on any atom is -0.311 e. The van der Waals surface area contributed by atoms with Crippen molar-refractivity contribution in [3.8, 4) is 0 Å². The first kappa shape index (κ1) is 9.27. The third-order valence-corrected chi connectivity index (χ3v) is 2.85. The van der Waals surface area contributed by atoms with Gasteiger partial charge in [0.15, 0.2) is 0 Å². The first-order valence-corrected chi connectivity index (χ1v) is 4.25. The molecule has 1 aliphatic carbocycles. The highest BCUT2D eigenvalue weighted by Gasteiger charge is 2.36. The van der Waals surface area contributed by atoms with E-state index in [1.165, 1.54) is 19.3 Å². The predicted octanol–water partition coefficient (Wildman–Crippen LogP) is 1.91.